The fourth-order valence-corrected chi connectivity index (χ4v) is 1.17. The first-order valence-corrected chi connectivity index (χ1v) is 4.95. The van der Waals surface area contributed by atoms with Crippen molar-refractivity contribution in [3.63, 3.8) is 0 Å². The third-order valence-corrected chi connectivity index (χ3v) is 1.99. The van der Waals surface area contributed by atoms with Gasteiger partial charge in [0.2, 0.25) is 0 Å². The van der Waals surface area contributed by atoms with Crippen LogP contribution in [0.15, 0.2) is 23.5 Å². The van der Waals surface area contributed by atoms with Crippen LogP contribution in [-0.2, 0) is 4.74 Å². The average Bonchev–Trinajstić information content (AvgIpc) is 2.28. The summed E-state index contributed by atoms with van der Waals surface area (Å²) in [5.74, 6) is -0.413. The lowest BCUT2D eigenvalue weighted by Crippen LogP contribution is -2.07. The van der Waals surface area contributed by atoms with E-state index in [0.717, 1.165) is 11.1 Å². The van der Waals surface area contributed by atoms with Crippen LogP contribution in [-0.4, -0.2) is 24.3 Å². The summed E-state index contributed by atoms with van der Waals surface area (Å²) in [5, 5.41) is 0. The molecular weight excluding hydrogens is 204 g/mol. The molecule has 16 heavy (non-hydrogen) atoms. The van der Waals surface area contributed by atoms with Crippen molar-refractivity contribution in [1.82, 2.24) is 4.98 Å². The molecule has 0 amide bonds. The summed E-state index contributed by atoms with van der Waals surface area (Å²) in [7, 11) is 0. The Hall–Kier alpha value is -1.97. The van der Waals surface area contributed by atoms with Gasteiger partial charge < -0.3 is 4.74 Å². The summed E-state index contributed by atoms with van der Waals surface area (Å²) in [6, 6.07) is 1.68. The van der Waals surface area contributed by atoms with Crippen molar-refractivity contribution < 1.29 is 9.53 Å². The second kappa shape index (κ2) is 5.80. The molecule has 0 spiro atoms. The number of pyridine rings is 1. The lowest BCUT2D eigenvalue weighted by Gasteiger charge is -2.04. The van der Waals surface area contributed by atoms with Crippen molar-refractivity contribution in [2.24, 2.45) is 4.99 Å². The molecule has 0 aliphatic carbocycles. The van der Waals surface area contributed by atoms with Gasteiger partial charge in [0.15, 0.2) is 0 Å². The molecule has 0 fully saturated rings. The third-order valence-electron chi connectivity index (χ3n) is 1.99. The molecule has 0 saturated heterocycles. The summed E-state index contributed by atoms with van der Waals surface area (Å²) in [6.45, 7) is 7.36. The van der Waals surface area contributed by atoms with Gasteiger partial charge in [-0.2, -0.15) is 0 Å². The Kier molecular flexibility index (Phi) is 4.39. The molecule has 0 N–H and O–H groups in total. The first kappa shape index (κ1) is 12.1. The highest BCUT2D eigenvalue weighted by atomic mass is 16.5. The van der Waals surface area contributed by atoms with Crippen LogP contribution >= 0.6 is 0 Å². The fourth-order valence-electron chi connectivity index (χ4n) is 1.17. The lowest BCUT2D eigenvalue weighted by molar-refractivity contribution is 0.0519. The predicted molar refractivity (Wildman–Crippen MR) is 63.5 cm³/mol. The van der Waals surface area contributed by atoms with Crippen LogP contribution in [0.3, 0.4) is 0 Å². The van der Waals surface area contributed by atoms with Gasteiger partial charge in [-0.1, -0.05) is 0 Å². The highest BCUT2D eigenvalue weighted by Gasteiger charge is 2.09. The fraction of sp³-hybridized carbons (Fsp3) is 0.250. The second-order valence-corrected chi connectivity index (χ2v) is 3.14. The highest BCUT2D eigenvalue weighted by molar-refractivity contribution is 5.88. The Labute approximate surface area is 94.7 Å². The van der Waals surface area contributed by atoms with Crippen LogP contribution in [0.1, 0.15) is 28.5 Å². The van der Waals surface area contributed by atoms with Gasteiger partial charge >= 0.3 is 5.97 Å². The van der Waals surface area contributed by atoms with E-state index in [9.17, 15) is 4.79 Å². The normalized spacial score (nSPS) is 10.4. The molecule has 4 nitrogen and oxygen atoms in total. The largest absolute Gasteiger partial charge is 0.461 e. The first-order valence-electron chi connectivity index (χ1n) is 4.95. The Morgan fingerprint density at radius 3 is 3.06 bits per heavy atom. The molecule has 1 aromatic heterocycles. The molecule has 0 radical (unpaired) electrons. The van der Waals surface area contributed by atoms with Gasteiger partial charge in [0.25, 0.3) is 0 Å². The van der Waals surface area contributed by atoms with Crippen LogP contribution in [0.4, 0.5) is 0 Å². The van der Waals surface area contributed by atoms with E-state index in [1.165, 1.54) is 0 Å². The lowest BCUT2D eigenvalue weighted by atomic mass is 10.1. The standard InChI is InChI=1S/C12H14N2O2/c1-4-16-12(15)11-7-10(5-6-13-3)9(2)8-14-11/h5-8H,3-4H2,1-2H3/b6-5-. The maximum Gasteiger partial charge on any atom is 0.356 e. The molecule has 4 heteroatoms. The number of esters is 1. The van der Waals surface area contributed by atoms with E-state index in [2.05, 4.69) is 16.7 Å². The number of aromatic nitrogens is 1. The monoisotopic (exact) mass is 218 g/mol. The molecule has 0 aliphatic heterocycles. The molecule has 0 unspecified atom stereocenters. The summed E-state index contributed by atoms with van der Waals surface area (Å²) in [4.78, 5) is 19.1. The van der Waals surface area contributed by atoms with Crippen LogP contribution in [0.2, 0.25) is 0 Å². The van der Waals surface area contributed by atoms with Crippen molar-refractivity contribution in [2.75, 3.05) is 6.61 Å². The summed E-state index contributed by atoms with van der Waals surface area (Å²) in [5.41, 5.74) is 2.15. The van der Waals surface area contributed by atoms with E-state index in [4.69, 9.17) is 4.74 Å². The molecular formula is C12H14N2O2. The molecule has 0 atom stereocenters. The van der Waals surface area contributed by atoms with Crippen LogP contribution in [0.5, 0.6) is 0 Å². The predicted octanol–water partition coefficient (Wildman–Crippen LogP) is 2.24. The van der Waals surface area contributed by atoms with Gasteiger partial charge in [0.05, 0.1) is 6.61 Å². The molecule has 1 aromatic rings. The summed E-state index contributed by atoms with van der Waals surface area (Å²) >= 11 is 0. The number of aryl methyl sites for hydroxylation is 1. The second-order valence-electron chi connectivity index (χ2n) is 3.14. The van der Waals surface area contributed by atoms with Gasteiger partial charge in [-0.15, -0.1) is 0 Å². The number of hydrogen-bond acceptors (Lipinski definition) is 4. The summed E-state index contributed by atoms with van der Waals surface area (Å²) in [6.07, 6.45) is 4.97. The molecule has 84 valence electrons. The maximum absolute atomic E-state index is 11.4. The van der Waals surface area contributed by atoms with Gasteiger partial charge in [-0.3, -0.25) is 4.99 Å². The van der Waals surface area contributed by atoms with Crippen molar-refractivity contribution >= 4 is 18.8 Å². The number of carbonyl (C=O) groups is 1. The number of hydrogen-bond donors (Lipinski definition) is 0. The van der Waals surface area contributed by atoms with E-state index in [0.29, 0.717) is 12.3 Å². The maximum atomic E-state index is 11.4. The van der Waals surface area contributed by atoms with Gasteiger partial charge in [0.1, 0.15) is 5.69 Å². The Morgan fingerprint density at radius 2 is 2.44 bits per heavy atom. The van der Waals surface area contributed by atoms with Crippen molar-refractivity contribution in [3.8, 4) is 0 Å². The van der Waals surface area contributed by atoms with E-state index in [1.807, 2.05) is 6.92 Å². The first-order chi connectivity index (χ1) is 7.69. The Morgan fingerprint density at radius 1 is 1.69 bits per heavy atom. The van der Waals surface area contributed by atoms with E-state index < -0.39 is 5.97 Å². The quantitative estimate of drug-likeness (QED) is 0.575. The summed E-state index contributed by atoms with van der Waals surface area (Å²) < 4.78 is 4.87. The number of aliphatic imine (C=N–C) groups is 1. The molecule has 1 rings (SSSR count). The van der Waals surface area contributed by atoms with Crippen molar-refractivity contribution in [1.29, 1.82) is 0 Å². The molecule has 0 aromatic carbocycles. The molecule has 0 bridgehead atoms. The van der Waals surface area contributed by atoms with Crippen LogP contribution in [0, 0.1) is 6.92 Å². The minimum atomic E-state index is -0.413. The zero-order valence-electron chi connectivity index (χ0n) is 9.43. The van der Waals surface area contributed by atoms with E-state index in [-0.39, 0.29) is 0 Å². The zero-order chi connectivity index (χ0) is 12.0. The smallest absolute Gasteiger partial charge is 0.356 e. The number of nitrogens with zero attached hydrogens (tertiary/aromatic N) is 2. The molecule has 0 aliphatic rings. The Balaban J connectivity index is 3.01. The van der Waals surface area contributed by atoms with E-state index in [1.54, 1.807) is 31.5 Å². The minimum Gasteiger partial charge on any atom is -0.461 e. The van der Waals surface area contributed by atoms with Crippen LogP contribution < -0.4 is 0 Å². The van der Waals surface area contributed by atoms with Gasteiger partial charge in [-0.25, -0.2) is 9.78 Å². The van der Waals surface area contributed by atoms with Gasteiger partial charge in [-0.05, 0) is 43.8 Å². The van der Waals surface area contributed by atoms with Crippen molar-refractivity contribution in [3.05, 3.63) is 35.3 Å². The average molecular weight is 218 g/mol. The SMILES string of the molecule is C=N/C=C\c1cc(C(=O)OCC)ncc1C. The topological polar surface area (TPSA) is 51.5 Å². The number of rotatable bonds is 4. The molecule has 0 saturated carbocycles. The number of carbonyl (C=O) groups excluding carboxylic acids is 1. The zero-order valence-corrected chi connectivity index (χ0v) is 9.43. The Bertz CT molecular complexity index is 425. The van der Waals surface area contributed by atoms with Gasteiger partial charge in [0, 0.05) is 12.4 Å². The molecule has 1 heterocycles. The minimum absolute atomic E-state index is 0.302. The third kappa shape index (κ3) is 3.02. The highest BCUT2D eigenvalue weighted by Crippen LogP contribution is 2.11. The number of ether oxygens (including phenoxy) is 1. The van der Waals surface area contributed by atoms with Crippen molar-refractivity contribution in [2.45, 2.75) is 13.8 Å². The van der Waals surface area contributed by atoms with E-state index >= 15 is 0 Å². The van der Waals surface area contributed by atoms with Crippen LogP contribution in [0.25, 0.3) is 6.08 Å².